The fourth-order valence-electron chi connectivity index (χ4n) is 2.16. The SMILES string of the molecule is CC(C)COc1ccccc1/C=N/NS(=O)(=O)c1ccc(OC(C)C)cc1. The van der Waals surface area contributed by atoms with Crippen molar-refractivity contribution in [1.29, 1.82) is 0 Å². The summed E-state index contributed by atoms with van der Waals surface area (Å²) in [5.41, 5.74) is 0.696. The molecule has 0 spiro atoms. The molecule has 6 nitrogen and oxygen atoms in total. The molecule has 0 bridgehead atoms. The lowest BCUT2D eigenvalue weighted by atomic mass is 10.2. The normalized spacial score (nSPS) is 11.9. The van der Waals surface area contributed by atoms with E-state index in [1.54, 1.807) is 12.1 Å². The Bertz CT molecular complexity index is 860. The Balaban J connectivity index is 2.06. The predicted molar refractivity (Wildman–Crippen MR) is 107 cm³/mol. The molecule has 0 radical (unpaired) electrons. The minimum Gasteiger partial charge on any atom is -0.493 e. The Morgan fingerprint density at radius 3 is 2.33 bits per heavy atom. The van der Waals surface area contributed by atoms with Gasteiger partial charge in [0.1, 0.15) is 11.5 Å². The van der Waals surface area contributed by atoms with Crippen molar-refractivity contribution < 1.29 is 17.9 Å². The molecule has 0 atom stereocenters. The van der Waals surface area contributed by atoms with Crippen molar-refractivity contribution in [3.8, 4) is 11.5 Å². The monoisotopic (exact) mass is 390 g/mol. The summed E-state index contributed by atoms with van der Waals surface area (Å²) in [6, 6.07) is 13.5. The highest BCUT2D eigenvalue weighted by Gasteiger charge is 2.13. The number of rotatable bonds is 9. The topological polar surface area (TPSA) is 77.0 Å². The van der Waals surface area contributed by atoms with Crippen LogP contribution in [0.1, 0.15) is 33.3 Å². The first-order chi connectivity index (χ1) is 12.8. The maximum absolute atomic E-state index is 12.4. The highest BCUT2D eigenvalue weighted by atomic mass is 32.2. The molecule has 2 rings (SSSR count). The predicted octanol–water partition coefficient (Wildman–Crippen LogP) is 3.82. The quantitative estimate of drug-likeness (QED) is 0.522. The molecule has 146 valence electrons. The molecule has 2 aromatic rings. The van der Waals surface area contributed by atoms with E-state index in [0.29, 0.717) is 29.6 Å². The van der Waals surface area contributed by atoms with Gasteiger partial charge in [-0.15, -0.1) is 0 Å². The molecule has 0 unspecified atom stereocenters. The van der Waals surface area contributed by atoms with Crippen LogP contribution in [0.2, 0.25) is 0 Å². The van der Waals surface area contributed by atoms with E-state index in [-0.39, 0.29) is 11.0 Å². The molecule has 0 aromatic heterocycles. The first-order valence-corrected chi connectivity index (χ1v) is 10.3. The van der Waals surface area contributed by atoms with Gasteiger partial charge in [-0.05, 0) is 56.2 Å². The van der Waals surface area contributed by atoms with Crippen LogP contribution in [0.25, 0.3) is 0 Å². The highest BCUT2D eigenvalue weighted by molar-refractivity contribution is 7.89. The molecule has 0 heterocycles. The van der Waals surface area contributed by atoms with Crippen molar-refractivity contribution in [2.75, 3.05) is 6.61 Å². The Hall–Kier alpha value is -2.54. The molecule has 2 aromatic carbocycles. The van der Waals surface area contributed by atoms with Crippen LogP contribution in [-0.2, 0) is 10.0 Å². The Kier molecular flexibility index (Phi) is 7.24. The van der Waals surface area contributed by atoms with Crippen LogP contribution in [-0.4, -0.2) is 27.3 Å². The minimum absolute atomic E-state index is 0.0214. The maximum Gasteiger partial charge on any atom is 0.276 e. The van der Waals surface area contributed by atoms with Gasteiger partial charge in [0, 0.05) is 5.56 Å². The van der Waals surface area contributed by atoms with Gasteiger partial charge in [0.05, 0.1) is 23.8 Å². The zero-order valence-corrected chi connectivity index (χ0v) is 16.9. The summed E-state index contributed by atoms with van der Waals surface area (Å²) in [7, 11) is -3.76. The summed E-state index contributed by atoms with van der Waals surface area (Å²) in [6.45, 7) is 8.50. The standard InChI is InChI=1S/C20H26N2O4S/c1-15(2)14-25-20-8-6-5-7-17(20)13-21-22-27(23,24)19-11-9-18(10-12-19)26-16(3)4/h5-13,15-16,22H,14H2,1-4H3/b21-13+. The zero-order valence-electron chi connectivity index (χ0n) is 16.0. The first-order valence-electron chi connectivity index (χ1n) is 8.81. The van der Waals surface area contributed by atoms with Gasteiger partial charge in [-0.1, -0.05) is 26.0 Å². The average molecular weight is 391 g/mol. The number of hydrogen-bond acceptors (Lipinski definition) is 5. The second kappa shape index (κ2) is 9.41. The van der Waals surface area contributed by atoms with Crippen LogP contribution in [0.15, 0.2) is 58.5 Å². The molecule has 0 amide bonds. The Morgan fingerprint density at radius 2 is 1.70 bits per heavy atom. The third kappa shape index (κ3) is 6.60. The van der Waals surface area contributed by atoms with Gasteiger partial charge in [-0.3, -0.25) is 0 Å². The van der Waals surface area contributed by atoms with Crippen LogP contribution in [0.3, 0.4) is 0 Å². The fourth-order valence-corrected chi connectivity index (χ4v) is 2.95. The summed E-state index contributed by atoms with van der Waals surface area (Å²) in [5.74, 6) is 1.66. The largest absolute Gasteiger partial charge is 0.493 e. The number of nitrogens with zero attached hydrogens (tertiary/aromatic N) is 1. The van der Waals surface area contributed by atoms with Crippen LogP contribution in [0.5, 0.6) is 11.5 Å². The first kappa shape index (κ1) is 20.8. The Labute approximate surface area is 161 Å². The van der Waals surface area contributed by atoms with E-state index >= 15 is 0 Å². The number of para-hydroxylation sites is 1. The van der Waals surface area contributed by atoms with Gasteiger partial charge in [-0.25, -0.2) is 4.83 Å². The summed E-state index contributed by atoms with van der Waals surface area (Å²) >= 11 is 0. The molecular weight excluding hydrogens is 364 g/mol. The molecule has 0 aliphatic heterocycles. The van der Waals surface area contributed by atoms with Crippen molar-refractivity contribution in [3.05, 3.63) is 54.1 Å². The third-order valence-corrected chi connectivity index (χ3v) is 4.61. The Morgan fingerprint density at radius 1 is 1.04 bits per heavy atom. The van der Waals surface area contributed by atoms with Crippen LogP contribution < -0.4 is 14.3 Å². The molecule has 1 N–H and O–H groups in total. The van der Waals surface area contributed by atoms with E-state index in [1.165, 1.54) is 18.3 Å². The van der Waals surface area contributed by atoms with Crippen molar-refractivity contribution in [2.45, 2.75) is 38.7 Å². The molecule has 7 heteroatoms. The molecule has 0 aliphatic carbocycles. The second-order valence-electron chi connectivity index (χ2n) is 6.73. The summed E-state index contributed by atoms with van der Waals surface area (Å²) in [5, 5.41) is 3.87. The van der Waals surface area contributed by atoms with E-state index in [4.69, 9.17) is 9.47 Å². The van der Waals surface area contributed by atoms with Crippen LogP contribution >= 0.6 is 0 Å². The van der Waals surface area contributed by atoms with E-state index in [9.17, 15) is 8.42 Å². The van der Waals surface area contributed by atoms with Crippen molar-refractivity contribution in [2.24, 2.45) is 11.0 Å². The lowest BCUT2D eigenvalue weighted by Gasteiger charge is -2.11. The third-order valence-electron chi connectivity index (χ3n) is 3.37. The van der Waals surface area contributed by atoms with Gasteiger partial charge in [0.25, 0.3) is 10.0 Å². The summed E-state index contributed by atoms with van der Waals surface area (Å²) in [6.07, 6.45) is 1.46. The van der Waals surface area contributed by atoms with Gasteiger partial charge in [-0.2, -0.15) is 13.5 Å². The van der Waals surface area contributed by atoms with E-state index < -0.39 is 10.0 Å². The summed E-state index contributed by atoms with van der Waals surface area (Å²) in [4.78, 5) is 2.33. The van der Waals surface area contributed by atoms with Crippen molar-refractivity contribution in [1.82, 2.24) is 4.83 Å². The number of sulfonamides is 1. The molecular formula is C20H26N2O4S. The molecule has 0 fully saturated rings. The molecule has 0 saturated heterocycles. The number of hydrogen-bond donors (Lipinski definition) is 1. The van der Waals surface area contributed by atoms with Gasteiger partial charge in [0.2, 0.25) is 0 Å². The molecule has 0 saturated carbocycles. The average Bonchev–Trinajstić information content (AvgIpc) is 2.60. The summed E-state index contributed by atoms with van der Waals surface area (Å²) < 4.78 is 36.0. The number of nitrogens with one attached hydrogen (secondary N) is 1. The van der Waals surface area contributed by atoms with Crippen molar-refractivity contribution >= 4 is 16.2 Å². The fraction of sp³-hybridized carbons (Fsp3) is 0.350. The molecule has 0 aliphatic rings. The maximum atomic E-state index is 12.4. The number of hydrazone groups is 1. The van der Waals surface area contributed by atoms with Gasteiger partial charge >= 0.3 is 0 Å². The van der Waals surface area contributed by atoms with Crippen LogP contribution in [0, 0.1) is 5.92 Å². The minimum atomic E-state index is -3.76. The molecule has 27 heavy (non-hydrogen) atoms. The van der Waals surface area contributed by atoms with E-state index in [0.717, 1.165) is 0 Å². The van der Waals surface area contributed by atoms with Crippen molar-refractivity contribution in [3.63, 3.8) is 0 Å². The number of benzene rings is 2. The van der Waals surface area contributed by atoms with Gasteiger partial charge < -0.3 is 9.47 Å². The second-order valence-corrected chi connectivity index (χ2v) is 8.39. The lowest BCUT2D eigenvalue weighted by Crippen LogP contribution is -2.18. The number of ether oxygens (including phenoxy) is 2. The van der Waals surface area contributed by atoms with E-state index in [1.807, 2.05) is 38.1 Å². The van der Waals surface area contributed by atoms with Crippen LogP contribution in [0.4, 0.5) is 0 Å². The smallest absolute Gasteiger partial charge is 0.276 e. The van der Waals surface area contributed by atoms with Gasteiger partial charge in [0.15, 0.2) is 0 Å². The lowest BCUT2D eigenvalue weighted by molar-refractivity contribution is 0.242. The highest BCUT2D eigenvalue weighted by Crippen LogP contribution is 2.18. The van der Waals surface area contributed by atoms with E-state index in [2.05, 4.69) is 23.8 Å². The zero-order chi connectivity index (χ0) is 19.9.